The lowest BCUT2D eigenvalue weighted by Gasteiger charge is -2.23. The van der Waals surface area contributed by atoms with Crippen LogP contribution in [0.4, 0.5) is 0 Å². The molecule has 2 aromatic rings. The standard InChI is InChI=1S/C17H20N2O2S/c1-21-14-11-15(12-5-3-2-4-6-12)22-16(14)17(20)19-13-7-9-18-10-8-13/h2-6,11,13,18H,7-10H2,1H3,(H,19,20). The Labute approximate surface area is 134 Å². The SMILES string of the molecule is COc1cc(-c2ccccc2)sc1C(=O)NC1CCNCC1. The molecule has 0 radical (unpaired) electrons. The predicted molar refractivity (Wildman–Crippen MR) is 89.7 cm³/mol. The molecule has 2 N–H and O–H groups in total. The highest BCUT2D eigenvalue weighted by Crippen LogP contribution is 2.36. The number of hydrogen-bond acceptors (Lipinski definition) is 4. The maximum atomic E-state index is 12.5. The summed E-state index contributed by atoms with van der Waals surface area (Å²) >= 11 is 1.48. The summed E-state index contributed by atoms with van der Waals surface area (Å²) in [6.07, 6.45) is 1.95. The van der Waals surface area contributed by atoms with Gasteiger partial charge in [0, 0.05) is 10.9 Å². The minimum Gasteiger partial charge on any atom is -0.495 e. The molecule has 1 aliphatic rings. The topological polar surface area (TPSA) is 50.4 Å². The third kappa shape index (κ3) is 3.31. The van der Waals surface area contributed by atoms with Crippen LogP contribution in [-0.2, 0) is 0 Å². The van der Waals surface area contributed by atoms with Crippen LogP contribution in [0.1, 0.15) is 22.5 Å². The minimum atomic E-state index is -0.0315. The van der Waals surface area contributed by atoms with Crippen LogP contribution in [0, 0.1) is 0 Å². The first-order chi connectivity index (χ1) is 10.8. The smallest absolute Gasteiger partial charge is 0.265 e. The van der Waals surface area contributed by atoms with Gasteiger partial charge in [-0.25, -0.2) is 0 Å². The number of benzene rings is 1. The quantitative estimate of drug-likeness (QED) is 0.912. The van der Waals surface area contributed by atoms with Crippen molar-refractivity contribution in [3.05, 3.63) is 41.3 Å². The van der Waals surface area contributed by atoms with E-state index in [0.717, 1.165) is 36.4 Å². The third-order valence-electron chi connectivity index (χ3n) is 3.86. The number of thiophene rings is 1. The molecule has 2 heterocycles. The van der Waals surface area contributed by atoms with Crippen LogP contribution in [0.5, 0.6) is 5.75 Å². The second-order valence-corrected chi connectivity index (χ2v) is 6.42. The molecule has 5 heteroatoms. The number of rotatable bonds is 4. The Balaban J connectivity index is 1.80. The molecule has 1 fully saturated rings. The monoisotopic (exact) mass is 316 g/mol. The van der Waals surface area contributed by atoms with Crippen LogP contribution in [0.2, 0.25) is 0 Å². The molecule has 116 valence electrons. The molecule has 3 rings (SSSR count). The molecule has 1 aromatic heterocycles. The van der Waals surface area contributed by atoms with Gasteiger partial charge in [0.25, 0.3) is 5.91 Å². The highest BCUT2D eigenvalue weighted by molar-refractivity contribution is 7.17. The molecule has 0 saturated carbocycles. The minimum absolute atomic E-state index is 0.0315. The number of amides is 1. The lowest BCUT2D eigenvalue weighted by atomic mass is 10.1. The summed E-state index contributed by atoms with van der Waals surface area (Å²) in [6, 6.07) is 12.3. The zero-order chi connectivity index (χ0) is 15.4. The Kier molecular flexibility index (Phi) is 4.75. The van der Waals surface area contributed by atoms with Gasteiger partial charge in [-0.15, -0.1) is 11.3 Å². The van der Waals surface area contributed by atoms with Gasteiger partial charge in [-0.05, 0) is 37.6 Å². The molecule has 1 saturated heterocycles. The maximum Gasteiger partial charge on any atom is 0.265 e. The first-order valence-electron chi connectivity index (χ1n) is 7.53. The van der Waals surface area contributed by atoms with Crippen molar-refractivity contribution in [1.29, 1.82) is 0 Å². The number of methoxy groups -OCH3 is 1. The lowest BCUT2D eigenvalue weighted by molar-refractivity contribution is 0.0931. The lowest BCUT2D eigenvalue weighted by Crippen LogP contribution is -2.42. The molecule has 4 nitrogen and oxygen atoms in total. The summed E-state index contributed by atoms with van der Waals surface area (Å²) in [5.74, 6) is 0.617. The Bertz CT molecular complexity index is 633. The van der Waals surface area contributed by atoms with E-state index >= 15 is 0 Å². The first-order valence-corrected chi connectivity index (χ1v) is 8.34. The summed E-state index contributed by atoms with van der Waals surface area (Å²) in [5, 5.41) is 6.43. The van der Waals surface area contributed by atoms with E-state index in [-0.39, 0.29) is 11.9 Å². The molecule has 0 spiro atoms. The largest absolute Gasteiger partial charge is 0.495 e. The number of carbonyl (C=O) groups excluding carboxylic acids is 1. The van der Waals surface area contributed by atoms with Gasteiger partial charge in [0.05, 0.1) is 7.11 Å². The van der Waals surface area contributed by atoms with Gasteiger partial charge < -0.3 is 15.4 Å². The van der Waals surface area contributed by atoms with Crippen molar-refractivity contribution in [2.24, 2.45) is 0 Å². The number of hydrogen-bond donors (Lipinski definition) is 2. The van der Waals surface area contributed by atoms with E-state index in [0.29, 0.717) is 10.6 Å². The summed E-state index contributed by atoms with van der Waals surface area (Å²) in [5.41, 5.74) is 1.10. The molecule has 0 aliphatic carbocycles. The normalized spacial score (nSPS) is 15.5. The predicted octanol–water partition coefficient (Wildman–Crippen LogP) is 2.91. The van der Waals surface area contributed by atoms with E-state index in [1.54, 1.807) is 7.11 Å². The summed E-state index contributed by atoms with van der Waals surface area (Å²) in [7, 11) is 1.61. The van der Waals surface area contributed by atoms with Crippen LogP contribution in [0.15, 0.2) is 36.4 Å². The van der Waals surface area contributed by atoms with E-state index in [9.17, 15) is 4.79 Å². The number of piperidine rings is 1. The van der Waals surface area contributed by atoms with Gasteiger partial charge in [-0.3, -0.25) is 4.79 Å². The van der Waals surface area contributed by atoms with E-state index in [4.69, 9.17) is 4.74 Å². The number of ether oxygens (including phenoxy) is 1. The van der Waals surface area contributed by atoms with Crippen LogP contribution in [0.25, 0.3) is 10.4 Å². The van der Waals surface area contributed by atoms with E-state index in [1.807, 2.05) is 36.4 Å². The second-order valence-electron chi connectivity index (χ2n) is 5.37. The Morgan fingerprint density at radius 2 is 2.00 bits per heavy atom. The van der Waals surface area contributed by atoms with Crippen molar-refractivity contribution in [3.63, 3.8) is 0 Å². The number of nitrogens with one attached hydrogen (secondary N) is 2. The van der Waals surface area contributed by atoms with Gasteiger partial charge >= 0.3 is 0 Å². The fourth-order valence-electron chi connectivity index (χ4n) is 2.65. The van der Waals surface area contributed by atoms with Gasteiger partial charge in [0.2, 0.25) is 0 Å². The maximum absolute atomic E-state index is 12.5. The van der Waals surface area contributed by atoms with Crippen molar-refractivity contribution >= 4 is 17.2 Å². The van der Waals surface area contributed by atoms with E-state index in [1.165, 1.54) is 11.3 Å². The molecule has 0 atom stereocenters. The molecular formula is C17H20N2O2S. The molecule has 0 bridgehead atoms. The van der Waals surface area contributed by atoms with Crippen molar-refractivity contribution in [2.75, 3.05) is 20.2 Å². The van der Waals surface area contributed by atoms with Crippen molar-refractivity contribution in [1.82, 2.24) is 10.6 Å². The van der Waals surface area contributed by atoms with E-state index < -0.39 is 0 Å². The summed E-state index contributed by atoms with van der Waals surface area (Å²) < 4.78 is 5.40. The van der Waals surface area contributed by atoms with Crippen LogP contribution >= 0.6 is 11.3 Å². The molecule has 1 aromatic carbocycles. The van der Waals surface area contributed by atoms with Crippen molar-refractivity contribution < 1.29 is 9.53 Å². The fraction of sp³-hybridized carbons (Fsp3) is 0.353. The highest BCUT2D eigenvalue weighted by atomic mass is 32.1. The van der Waals surface area contributed by atoms with Gasteiger partial charge in [0.1, 0.15) is 10.6 Å². The van der Waals surface area contributed by atoms with Gasteiger partial charge in [0.15, 0.2) is 0 Å². The van der Waals surface area contributed by atoms with Gasteiger partial charge in [-0.1, -0.05) is 30.3 Å². The first kappa shape index (κ1) is 15.1. The van der Waals surface area contributed by atoms with Crippen LogP contribution in [0.3, 0.4) is 0 Å². The fourth-order valence-corrected chi connectivity index (χ4v) is 3.68. The Morgan fingerprint density at radius 1 is 1.27 bits per heavy atom. The Morgan fingerprint density at radius 3 is 2.68 bits per heavy atom. The average Bonchev–Trinajstić information content (AvgIpc) is 3.01. The van der Waals surface area contributed by atoms with Crippen molar-refractivity contribution in [3.8, 4) is 16.2 Å². The van der Waals surface area contributed by atoms with Crippen LogP contribution in [-0.4, -0.2) is 32.1 Å². The van der Waals surface area contributed by atoms with Crippen molar-refractivity contribution in [2.45, 2.75) is 18.9 Å². The zero-order valence-electron chi connectivity index (χ0n) is 12.6. The zero-order valence-corrected chi connectivity index (χ0v) is 13.4. The molecule has 1 aliphatic heterocycles. The average molecular weight is 316 g/mol. The second kappa shape index (κ2) is 6.94. The Hall–Kier alpha value is -1.85. The summed E-state index contributed by atoms with van der Waals surface area (Å²) in [4.78, 5) is 14.2. The summed E-state index contributed by atoms with van der Waals surface area (Å²) in [6.45, 7) is 1.92. The third-order valence-corrected chi connectivity index (χ3v) is 5.02. The number of carbonyl (C=O) groups is 1. The van der Waals surface area contributed by atoms with Crippen LogP contribution < -0.4 is 15.4 Å². The molecule has 1 amide bonds. The van der Waals surface area contributed by atoms with Gasteiger partial charge in [-0.2, -0.15) is 0 Å². The molecule has 0 unspecified atom stereocenters. The molecule has 22 heavy (non-hydrogen) atoms. The van der Waals surface area contributed by atoms with E-state index in [2.05, 4.69) is 10.6 Å². The highest BCUT2D eigenvalue weighted by Gasteiger charge is 2.21. The molecular weight excluding hydrogens is 296 g/mol.